The molecule has 1 radical (unpaired) electrons. The van der Waals surface area contributed by atoms with Crippen LogP contribution in [-0.4, -0.2) is 44.0 Å². The van der Waals surface area contributed by atoms with Crippen molar-refractivity contribution in [3.05, 3.63) is 29.8 Å². The fourth-order valence-corrected chi connectivity index (χ4v) is 2.76. The Morgan fingerprint density at radius 1 is 1.00 bits per heavy atom. The normalized spacial score (nSPS) is 17.0. The second kappa shape index (κ2) is 9.13. The van der Waals surface area contributed by atoms with Crippen LogP contribution in [-0.2, 0) is 6.42 Å². The first-order valence-electron chi connectivity index (χ1n) is 8.23. The maximum Gasteiger partial charge on any atom is 0.573 e. The van der Waals surface area contributed by atoms with Crippen LogP contribution in [0.5, 0.6) is 5.75 Å². The van der Waals surface area contributed by atoms with Crippen molar-refractivity contribution in [3.8, 4) is 5.75 Å². The summed E-state index contributed by atoms with van der Waals surface area (Å²) in [7, 11) is 0. The van der Waals surface area contributed by atoms with Gasteiger partial charge in [-0.15, -0.1) is 13.2 Å². The second-order valence-electron chi connectivity index (χ2n) is 5.87. The van der Waals surface area contributed by atoms with Gasteiger partial charge in [-0.2, -0.15) is 0 Å². The molecule has 0 bridgehead atoms. The number of halogens is 3. The van der Waals surface area contributed by atoms with E-state index in [2.05, 4.69) is 15.0 Å². The Morgan fingerprint density at radius 3 is 2.52 bits per heavy atom. The first-order chi connectivity index (χ1) is 11.0. The number of rotatable bonds is 7. The summed E-state index contributed by atoms with van der Waals surface area (Å²) in [5.74, 6) is -0.159. The van der Waals surface area contributed by atoms with Crippen molar-refractivity contribution in [1.82, 2.24) is 10.2 Å². The zero-order valence-corrected chi connectivity index (χ0v) is 13.3. The maximum absolute atomic E-state index is 12.1. The molecule has 1 aliphatic heterocycles. The first-order valence-corrected chi connectivity index (χ1v) is 8.23. The van der Waals surface area contributed by atoms with Crippen molar-refractivity contribution < 1.29 is 17.9 Å². The molecular formula is C17H24F3N2O. The SMILES string of the molecule is FC(F)(F)Oc1ccc(CCCCCN2CCC[N]CC2)cc1. The third-order valence-electron chi connectivity index (χ3n) is 3.96. The van der Waals surface area contributed by atoms with Gasteiger partial charge in [0.1, 0.15) is 5.75 Å². The Kier molecular flexibility index (Phi) is 7.17. The monoisotopic (exact) mass is 329 g/mol. The van der Waals surface area contributed by atoms with E-state index in [1.165, 1.54) is 12.1 Å². The van der Waals surface area contributed by atoms with Gasteiger partial charge in [-0.3, -0.25) is 0 Å². The van der Waals surface area contributed by atoms with Gasteiger partial charge in [0.15, 0.2) is 0 Å². The lowest BCUT2D eigenvalue weighted by molar-refractivity contribution is -0.274. The topological polar surface area (TPSA) is 26.6 Å². The van der Waals surface area contributed by atoms with E-state index in [0.29, 0.717) is 0 Å². The van der Waals surface area contributed by atoms with Crippen molar-refractivity contribution in [1.29, 1.82) is 0 Å². The number of nitrogens with zero attached hydrogens (tertiary/aromatic N) is 2. The number of alkyl halides is 3. The van der Waals surface area contributed by atoms with Crippen LogP contribution < -0.4 is 10.1 Å². The van der Waals surface area contributed by atoms with Crippen molar-refractivity contribution >= 4 is 0 Å². The van der Waals surface area contributed by atoms with Crippen molar-refractivity contribution in [2.45, 2.75) is 38.5 Å². The number of hydrogen-bond acceptors (Lipinski definition) is 2. The summed E-state index contributed by atoms with van der Waals surface area (Å²) in [6.45, 7) is 5.27. The lowest BCUT2D eigenvalue weighted by Gasteiger charge is -2.18. The second-order valence-corrected chi connectivity index (χ2v) is 5.87. The minimum Gasteiger partial charge on any atom is -0.406 e. The van der Waals surface area contributed by atoms with Crippen LogP contribution in [0.4, 0.5) is 13.2 Å². The van der Waals surface area contributed by atoms with E-state index in [-0.39, 0.29) is 5.75 Å². The van der Waals surface area contributed by atoms with Crippen LogP contribution in [0.1, 0.15) is 31.2 Å². The van der Waals surface area contributed by atoms with Gasteiger partial charge in [0.25, 0.3) is 0 Å². The molecule has 129 valence electrons. The molecule has 1 fully saturated rings. The quantitative estimate of drug-likeness (QED) is 0.715. The summed E-state index contributed by atoms with van der Waals surface area (Å²) in [6, 6.07) is 6.17. The van der Waals surface area contributed by atoms with E-state index in [0.717, 1.165) is 70.4 Å². The Labute approximate surface area is 135 Å². The molecular weight excluding hydrogens is 305 g/mol. The molecule has 1 saturated heterocycles. The van der Waals surface area contributed by atoms with Crippen LogP contribution in [0, 0.1) is 0 Å². The van der Waals surface area contributed by atoms with E-state index < -0.39 is 6.36 Å². The number of ether oxygens (including phenoxy) is 1. The minimum absolute atomic E-state index is 0.159. The minimum atomic E-state index is -4.62. The molecule has 6 heteroatoms. The van der Waals surface area contributed by atoms with Gasteiger partial charge in [0.05, 0.1) is 0 Å². The Morgan fingerprint density at radius 2 is 1.78 bits per heavy atom. The average Bonchev–Trinajstić information content (AvgIpc) is 2.76. The van der Waals surface area contributed by atoms with Gasteiger partial charge in [0, 0.05) is 19.6 Å². The molecule has 0 amide bonds. The van der Waals surface area contributed by atoms with Gasteiger partial charge in [0.2, 0.25) is 0 Å². The van der Waals surface area contributed by atoms with E-state index in [1.807, 2.05) is 0 Å². The first kappa shape index (κ1) is 18.1. The molecule has 0 aromatic heterocycles. The predicted molar refractivity (Wildman–Crippen MR) is 83.6 cm³/mol. The highest BCUT2D eigenvalue weighted by atomic mass is 19.4. The maximum atomic E-state index is 12.1. The molecule has 23 heavy (non-hydrogen) atoms. The summed E-state index contributed by atoms with van der Waals surface area (Å²) >= 11 is 0. The highest BCUT2D eigenvalue weighted by Crippen LogP contribution is 2.23. The summed E-state index contributed by atoms with van der Waals surface area (Å²) in [6.07, 6.45) is 0.775. The highest BCUT2D eigenvalue weighted by Gasteiger charge is 2.30. The van der Waals surface area contributed by atoms with Crippen LogP contribution >= 0.6 is 0 Å². The average molecular weight is 329 g/mol. The molecule has 1 aliphatic rings. The zero-order chi connectivity index (χ0) is 16.5. The van der Waals surface area contributed by atoms with E-state index in [4.69, 9.17) is 0 Å². The van der Waals surface area contributed by atoms with Crippen LogP contribution in [0.15, 0.2) is 24.3 Å². The van der Waals surface area contributed by atoms with Gasteiger partial charge in [-0.25, -0.2) is 5.32 Å². The number of aryl methyl sites for hydroxylation is 1. The van der Waals surface area contributed by atoms with E-state index in [1.54, 1.807) is 12.1 Å². The zero-order valence-electron chi connectivity index (χ0n) is 13.3. The highest BCUT2D eigenvalue weighted by molar-refractivity contribution is 5.27. The van der Waals surface area contributed by atoms with Crippen LogP contribution in [0.2, 0.25) is 0 Å². The van der Waals surface area contributed by atoms with Crippen molar-refractivity contribution in [3.63, 3.8) is 0 Å². The number of unbranched alkanes of at least 4 members (excludes halogenated alkanes) is 2. The third kappa shape index (κ3) is 7.70. The number of benzene rings is 1. The standard InChI is InChI=1S/C17H24F3N2O/c18-17(19,20)23-16-8-6-15(7-9-16)5-2-1-3-12-22-13-4-10-21-11-14-22/h6-9H,1-5,10-14H2. The van der Waals surface area contributed by atoms with E-state index in [9.17, 15) is 13.2 Å². The molecule has 0 saturated carbocycles. The molecule has 1 aromatic carbocycles. The summed E-state index contributed by atoms with van der Waals surface area (Å²) in [5, 5.41) is 4.41. The predicted octanol–water partition coefficient (Wildman–Crippen LogP) is 3.61. The lowest BCUT2D eigenvalue weighted by Crippen LogP contribution is -2.28. The fraction of sp³-hybridized carbons (Fsp3) is 0.647. The molecule has 1 aromatic rings. The Bertz CT molecular complexity index is 440. The fourth-order valence-electron chi connectivity index (χ4n) is 2.76. The van der Waals surface area contributed by atoms with Crippen LogP contribution in [0.25, 0.3) is 0 Å². The Hall–Kier alpha value is -1.27. The molecule has 0 unspecified atom stereocenters. The van der Waals surface area contributed by atoms with Gasteiger partial charge in [-0.05, 0) is 56.5 Å². The molecule has 0 N–H and O–H groups in total. The third-order valence-corrected chi connectivity index (χ3v) is 3.96. The smallest absolute Gasteiger partial charge is 0.406 e. The number of hydrogen-bond donors (Lipinski definition) is 0. The van der Waals surface area contributed by atoms with Crippen molar-refractivity contribution in [2.75, 3.05) is 32.7 Å². The summed E-state index contributed by atoms with van der Waals surface area (Å²) in [5.41, 5.74) is 1.05. The van der Waals surface area contributed by atoms with Crippen molar-refractivity contribution in [2.24, 2.45) is 0 Å². The molecule has 0 atom stereocenters. The van der Waals surface area contributed by atoms with Gasteiger partial charge >= 0.3 is 6.36 Å². The summed E-state index contributed by atoms with van der Waals surface area (Å²) in [4.78, 5) is 2.47. The largest absolute Gasteiger partial charge is 0.573 e. The van der Waals surface area contributed by atoms with Crippen LogP contribution in [0.3, 0.4) is 0 Å². The molecule has 1 heterocycles. The lowest BCUT2D eigenvalue weighted by atomic mass is 10.1. The Balaban J connectivity index is 1.60. The van der Waals surface area contributed by atoms with Gasteiger partial charge in [-0.1, -0.05) is 18.6 Å². The molecule has 3 nitrogen and oxygen atoms in total. The van der Waals surface area contributed by atoms with E-state index >= 15 is 0 Å². The van der Waals surface area contributed by atoms with Gasteiger partial charge < -0.3 is 9.64 Å². The molecule has 0 spiro atoms. The summed E-state index contributed by atoms with van der Waals surface area (Å²) < 4.78 is 40.1. The molecule has 2 rings (SSSR count). The molecule has 0 aliphatic carbocycles.